The molecule has 8 nitrogen and oxygen atoms in total. The number of ether oxygens (including phenoxy) is 1. The van der Waals surface area contributed by atoms with Crippen LogP contribution in [0.4, 0.5) is 5.69 Å². The van der Waals surface area contributed by atoms with Gasteiger partial charge in [-0.25, -0.2) is 8.42 Å². The Morgan fingerprint density at radius 3 is 2.54 bits per heavy atom. The first kappa shape index (κ1) is 25.2. The molecule has 2 aliphatic rings. The third-order valence-electron chi connectivity index (χ3n) is 6.56. The molecule has 2 fully saturated rings. The molecule has 0 saturated carbocycles. The fraction of sp³-hybridized carbons (Fsp3) is 0.462. The van der Waals surface area contributed by atoms with Crippen LogP contribution in [0.5, 0.6) is 5.75 Å². The van der Waals surface area contributed by atoms with Gasteiger partial charge in [-0.1, -0.05) is 36.8 Å². The van der Waals surface area contributed by atoms with Crippen molar-refractivity contribution in [1.82, 2.24) is 9.21 Å². The third-order valence-corrected chi connectivity index (χ3v) is 8.45. The maximum absolute atomic E-state index is 13.1. The van der Waals surface area contributed by atoms with Crippen LogP contribution in [-0.2, 0) is 26.0 Å². The highest BCUT2D eigenvalue weighted by Gasteiger charge is 2.35. The normalized spacial score (nSPS) is 19.1. The Morgan fingerprint density at radius 1 is 1.09 bits per heavy atom. The zero-order valence-corrected chi connectivity index (χ0v) is 20.9. The molecule has 2 heterocycles. The molecule has 0 bridgehead atoms. The monoisotopic (exact) mass is 499 g/mol. The van der Waals surface area contributed by atoms with Gasteiger partial charge in [-0.2, -0.15) is 4.31 Å². The molecule has 0 aromatic heterocycles. The van der Waals surface area contributed by atoms with Crippen molar-refractivity contribution >= 4 is 27.5 Å². The molecule has 2 aromatic carbocycles. The van der Waals surface area contributed by atoms with Gasteiger partial charge in [-0.05, 0) is 49.9 Å². The Balaban J connectivity index is 1.45. The number of likely N-dealkylation sites (tertiary alicyclic amines) is 1. The number of amides is 2. The van der Waals surface area contributed by atoms with Crippen LogP contribution < -0.4 is 10.1 Å². The van der Waals surface area contributed by atoms with E-state index in [1.165, 1.54) is 16.4 Å². The summed E-state index contributed by atoms with van der Waals surface area (Å²) < 4.78 is 33.4. The Hall–Kier alpha value is -2.91. The number of carbonyl (C=O) groups is 2. The predicted octanol–water partition coefficient (Wildman–Crippen LogP) is 3.29. The molecule has 2 aliphatic heterocycles. The molecule has 2 aromatic rings. The summed E-state index contributed by atoms with van der Waals surface area (Å²) in [4.78, 5) is 27.5. The number of anilines is 1. The fourth-order valence-corrected chi connectivity index (χ4v) is 6.15. The zero-order chi connectivity index (χ0) is 24.8. The SMILES string of the molecule is CCOc1ccc(S(=O)(=O)N2CCCCC2)cc1NC(=O)C1CC(=O)N(CCc2ccccc2)C1. The van der Waals surface area contributed by atoms with E-state index in [0.717, 1.165) is 31.2 Å². The van der Waals surface area contributed by atoms with Gasteiger partial charge in [0.2, 0.25) is 21.8 Å². The highest BCUT2D eigenvalue weighted by atomic mass is 32.2. The second-order valence-electron chi connectivity index (χ2n) is 9.02. The van der Waals surface area contributed by atoms with Crippen LogP contribution >= 0.6 is 0 Å². The van der Waals surface area contributed by atoms with Gasteiger partial charge in [0.1, 0.15) is 5.75 Å². The number of hydrogen-bond donors (Lipinski definition) is 1. The third kappa shape index (κ3) is 6.02. The number of hydrogen-bond acceptors (Lipinski definition) is 5. The van der Waals surface area contributed by atoms with Crippen LogP contribution in [0.25, 0.3) is 0 Å². The summed E-state index contributed by atoms with van der Waals surface area (Å²) in [5, 5.41) is 2.84. The zero-order valence-electron chi connectivity index (χ0n) is 20.1. The Labute approximate surface area is 207 Å². The minimum Gasteiger partial charge on any atom is -0.492 e. The van der Waals surface area contributed by atoms with Crippen LogP contribution in [0.15, 0.2) is 53.4 Å². The molecule has 2 amide bonds. The van der Waals surface area contributed by atoms with E-state index in [4.69, 9.17) is 4.74 Å². The molecular formula is C26H33N3O5S. The van der Waals surface area contributed by atoms with Gasteiger partial charge in [0.15, 0.2) is 0 Å². The van der Waals surface area contributed by atoms with Gasteiger partial charge >= 0.3 is 0 Å². The molecule has 0 aliphatic carbocycles. The summed E-state index contributed by atoms with van der Waals surface area (Å²) in [6, 6.07) is 14.5. The number of nitrogens with zero attached hydrogens (tertiary/aromatic N) is 2. The summed E-state index contributed by atoms with van der Waals surface area (Å²) in [6.07, 6.45) is 3.58. The molecule has 188 valence electrons. The lowest BCUT2D eigenvalue weighted by Gasteiger charge is -2.26. The second-order valence-corrected chi connectivity index (χ2v) is 11.0. The van der Waals surface area contributed by atoms with Crippen LogP contribution in [0.1, 0.15) is 38.2 Å². The van der Waals surface area contributed by atoms with Crippen molar-refractivity contribution in [2.24, 2.45) is 5.92 Å². The van der Waals surface area contributed by atoms with E-state index in [-0.39, 0.29) is 23.1 Å². The van der Waals surface area contributed by atoms with E-state index < -0.39 is 15.9 Å². The average Bonchev–Trinajstić information content (AvgIpc) is 3.25. The average molecular weight is 500 g/mol. The number of piperidine rings is 1. The summed E-state index contributed by atoms with van der Waals surface area (Å²) >= 11 is 0. The minimum absolute atomic E-state index is 0.0486. The van der Waals surface area contributed by atoms with Gasteiger partial charge in [0.25, 0.3) is 0 Å². The van der Waals surface area contributed by atoms with Gasteiger partial charge in [0.05, 0.1) is 23.1 Å². The predicted molar refractivity (Wildman–Crippen MR) is 134 cm³/mol. The van der Waals surface area contributed by atoms with Crippen molar-refractivity contribution in [3.63, 3.8) is 0 Å². The standard InChI is InChI=1S/C26H33N3O5S/c1-2-34-24-12-11-22(35(32,33)29-14-7-4-8-15-29)18-23(24)27-26(31)21-17-25(30)28(19-21)16-13-20-9-5-3-6-10-20/h3,5-6,9-12,18,21H,2,4,7-8,13-17,19H2,1H3,(H,27,31). The highest BCUT2D eigenvalue weighted by Crippen LogP contribution is 2.31. The number of carbonyl (C=O) groups excluding carboxylic acids is 2. The lowest BCUT2D eigenvalue weighted by molar-refractivity contribution is -0.128. The lowest BCUT2D eigenvalue weighted by Crippen LogP contribution is -2.35. The van der Waals surface area contributed by atoms with Crippen LogP contribution in [0.2, 0.25) is 0 Å². The molecule has 2 saturated heterocycles. The van der Waals surface area contributed by atoms with E-state index >= 15 is 0 Å². The van der Waals surface area contributed by atoms with Crippen molar-refractivity contribution in [3.8, 4) is 5.75 Å². The Bertz CT molecular complexity index is 1150. The minimum atomic E-state index is -3.66. The Morgan fingerprint density at radius 2 is 1.83 bits per heavy atom. The first-order valence-electron chi connectivity index (χ1n) is 12.3. The number of rotatable bonds is 9. The number of sulfonamides is 1. The molecule has 1 unspecified atom stereocenters. The van der Waals surface area contributed by atoms with Crippen LogP contribution in [0.3, 0.4) is 0 Å². The topological polar surface area (TPSA) is 96.0 Å². The molecule has 0 radical (unpaired) electrons. The molecule has 0 spiro atoms. The maximum atomic E-state index is 13.1. The summed E-state index contributed by atoms with van der Waals surface area (Å²) in [7, 11) is -3.66. The van der Waals surface area contributed by atoms with E-state index in [0.29, 0.717) is 44.2 Å². The van der Waals surface area contributed by atoms with Crippen molar-refractivity contribution in [1.29, 1.82) is 0 Å². The first-order chi connectivity index (χ1) is 16.9. The largest absolute Gasteiger partial charge is 0.492 e. The molecule has 35 heavy (non-hydrogen) atoms. The van der Waals surface area contributed by atoms with E-state index in [1.807, 2.05) is 37.3 Å². The molecule has 9 heteroatoms. The van der Waals surface area contributed by atoms with Crippen LogP contribution in [-0.4, -0.2) is 62.2 Å². The van der Waals surface area contributed by atoms with Gasteiger partial charge < -0.3 is 15.0 Å². The second kappa shape index (κ2) is 11.2. The van der Waals surface area contributed by atoms with Crippen LogP contribution in [0, 0.1) is 5.92 Å². The number of benzene rings is 2. The van der Waals surface area contributed by atoms with Gasteiger partial charge in [-0.3, -0.25) is 9.59 Å². The first-order valence-corrected chi connectivity index (χ1v) is 13.7. The summed E-state index contributed by atoms with van der Waals surface area (Å²) in [6.45, 7) is 4.09. The smallest absolute Gasteiger partial charge is 0.243 e. The highest BCUT2D eigenvalue weighted by molar-refractivity contribution is 7.89. The quantitative estimate of drug-likeness (QED) is 0.571. The fourth-order valence-electron chi connectivity index (χ4n) is 4.61. The van der Waals surface area contributed by atoms with E-state index in [9.17, 15) is 18.0 Å². The molecule has 1 atom stereocenters. The van der Waals surface area contributed by atoms with Gasteiger partial charge in [0, 0.05) is 32.6 Å². The maximum Gasteiger partial charge on any atom is 0.243 e. The van der Waals surface area contributed by atoms with Gasteiger partial charge in [-0.15, -0.1) is 0 Å². The molecule has 1 N–H and O–H groups in total. The van der Waals surface area contributed by atoms with E-state index in [1.54, 1.807) is 11.0 Å². The van der Waals surface area contributed by atoms with Crippen molar-refractivity contribution in [3.05, 3.63) is 54.1 Å². The van der Waals surface area contributed by atoms with Crippen molar-refractivity contribution < 1.29 is 22.7 Å². The number of nitrogens with one attached hydrogen (secondary N) is 1. The molecular weight excluding hydrogens is 466 g/mol. The van der Waals surface area contributed by atoms with E-state index in [2.05, 4.69) is 5.32 Å². The Kier molecular flexibility index (Phi) is 8.07. The summed E-state index contributed by atoms with van der Waals surface area (Å²) in [5.74, 6) is -0.458. The molecule has 4 rings (SSSR count). The van der Waals surface area contributed by atoms with Crippen molar-refractivity contribution in [2.45, 2.75) is 43.9 Å². The summed E-state index contributed by atoms with van der Waals surface area (Å²) in [5.41, 5.74) is 1.45. The van der Waals surface area contributed by atoms with Crippen molar-refractivity contribution in [2.75, 3.05) is 38.1 Å². The lowest BCUT2D eigenvalue weighted by atomic mass is 10.1.